The average molecular weight is 304 g/mol. The summed E-state index contributed by atoms with van der Waals surface area (Å²) in [5.74, 6) is -0.125. The summed E-state index contributed by atoms with van der Waals surface area (Å²) in [6.45, 7) is 5.70. The zero-order valence-corrected chi connectivity index (χ0v) is 13.6. The van der Waals surface area contributed by atoms with Gasteiger partial charge in [-0.25, -0.2) is 0 Å². The summed E-state index contributed by atoms with van der Waals surface area (Å²) in [7, 11) is 1.69. The first-order valence-electron chi connectivity index (χ1n) is 7.38. The van der Waals surface area contributed by atoms with Gasteiger partial charge in [0.15, 0.2) is 0 Å². The van der Waals surface area contributed by atoms with E-state index in [1.165, 1.54) is 0 Å². The molecule has 0 spiro atoms. The molecule has 0 bridgehead atoms. The molecule has 1 aromatic carbocycles. The lowest BCUT2D eigenvalue weighted by atomic mass is 9.92. The number of carbonyl (C=O) groups excluding carboxylic acids is 1. The maximum absolute atomic E-state index is 12.7. The molecule has 0 atom stereocenters. The van der Waals surface area contributed by atoms with E-state index in [9.17, 15) is 15.0 Å². The van der Waals surface area contributed by atoms with Gasteiger partial charge in [-0.1, -0.05) is 19.1 Å². The Morgan fingerprint density at radius 1 is 1.27 bits per heavy atom. The van der Waals surface area contributed by atoms with Crippen LogP contribution in [0.4, 0.5) is 0 Å². The Morgan fingerprint density at radius 3 is 2.50 bits per heavy atom. The lowest BCUT2D eigenvalue weighted by Crippen LogP contribution is -2.41. The largest absolute Gasteiger partial charge is 0.396 e. The Kier molecular flexibility index (Phi) is 4.58. The van der Waals surface area contributed by atoms with E-state index < -0.39 is 5.41 Å². The van der Waals surface area contributed by atoms with Crippen LogP contribution >= 0.6 is 0 Å². The number of amides is 1. The van der Waals surface area contributed by atoms with E-state index in [-0.39, 0.29) is 25.7 Å². The highest BCUT2D eigenvalue weighted by Crippen LogP contribution is 2.25. The fourth-order valence-electron chi connectivity index (χ4n) is 2.66. The number of para-hydroxylation sites is 1. The van der Waals surface area contributed by atoms with Crippen molar-refractivity contribution in [1.82, 2.24) is 9.88 Å². The number of H-pyrrole nitrogens is 1. The van der Waals surface area contributed by atoms with Gasteiger partial charge in [0.25, 0.3) is 5.91 Å². The van der Waals surface area contributed by atoms with Gasteiger partial charge in [-0.2, -0.15) is 0 Å². The predicted octanol–water partition coefficient (Wildman–Crippen LogP) is 1.85. The molecule has 1 amide bonds. The zero-order valence-electron chi connectivity index (χ0n) is 13.6. The first-order valence-corrected chi connectivity index (χ1v) is 7.38. The lowest BCUT2D eigenvalue weighted by Gasteiger charge is -2.30. The number of nitrogens with one attached hydrogen (secondary N) is 1. The summed E-state index contributed by atoms with van der Waals surface area (Å²) in [5.41, 5.74) is 2.93. The molecular weight excluding hydrogens is 280 g/mol. The highest BCUT2D eigenvalue weighted by atomic mass is 16.3. The molecule has 0 saturated carbocycles. The first kappa shape index (κ1) is 16.5. The molecule has 22 heavy (non-hydrogen) atoms. The fourth-order valence-corrected chi connectivity index (χ4v) is 2.66. The number of aryl methyl sites for hydroxylation is 2. The number of carbonyl (C=O) groups is 1. The predicted molar refractivity (Wildman–Crippen MR) is 87.0 cm³/mol. The van der Waals surface area contributed by atoms with Crippen LogP contribution in [-0.4, -0.2) is 52.8 Å². The standard InChI is InChI=1S/C17H24N2O3/c1-11-12(2)18-15-13(11)6-5-7-14(15)16(22)19(4)8-17(3,9-20)10-21/h5-7,18,20-21H,8-10H2,1-4H3. The van der Waals surface area contributed by atoms with Crippen LogP contribution in [0.5, 0.6) is 0 Å². The van der Waals surface area contributed by atoms with Crippen LogP contribution in [0.1, 0.15) is 28.5 Å². The monoisotopic (exact) mass is 304 g/mol. The quantitative estimate of drug-likeness (QED) is 0.789. The number of aliphatic hydroxyl groups is 2. The number of aromatic nitrogens is 1. The van der Waals surface area contributed by atoms with E-state index in [4.69, 9.17) is 0 Å². The van der Waals surface area contributed by atoms with E-state index in [0.29, 0.717) is 5.56 Å². The summed E-state index contributed by atoms with van der Waals surface area (Å²) in [6.07, 6.45) is 0. The maximum Gasteiger partial charge on any atom is 0.255 e. The number of rotatable bonds is 5. The minimum atomic E-state index is -0.708. The van der Waals surface area contributed by atoms with Crippen molar-refractivity contribution in [2.45, 2.75) is 20.8 Å². The van der Waals surface area contributed by atoms with Crippen molar-refractivity contribution in [2.24, 2.45) is 5.41 Å². The molecule has 0 saturated heterocycles. The van der Waals surface area contributed by atoms with Gasteiger partial charge in [0.05, 0.1) is 24.3 Å². The molecule has 120 valence electrons. The number of nitrogens with zero attached hydrogens (tertiary/aromatic N) is 1. The van der Waals surface area contributed by atoms with Crippen molar-refractivity contribution in [3.63, 3.8) is 0 Å². The third-order valence-corrected chi connectivity index (χ3v) is 4.30. The Morgan fingerprint density at radius 2 is 1.91 bits per heavy atom. The molecule has 2 rings (SSSR count). The normalized spacial score (nSPS) is 11.9. The molecule has 0 radical (unpaired) electrons. The zero-order chi connectivity index (χ0) is 16.5. The fraction of sp³-hybridized carbons (Fsp3) is 0.471. The smallest absolute Gasteiger partial charge is 0.255 e. The molecule has 2 aromatic rings. The van der Waals surface area contributed by atoms with Crippen LogP contribution < -0.4 is 0 Å². The van der Waals surface area contributed by atoms with Crippen molar-refractivity contribution in [2.75, 3.05) is 26.8 Å². The van der Waals surface area contributed by atoms with E-state index >= 15 is 0 Å². The molecule has 0 aliphatic rings. The van der Waals surface area contributed by atoms with Crippen molar-refractivity contribution in [3.05, 3.63) is 35.0 Å². The third kappa shape index (κ3) is 2.87. The van der Waals surface area contributed by atoms with Crippen LogP contribution in [0.25, 0.3) is 10.9 Å². The molecule has 5 heteroatoms. The van der Waals surface area contributed by atoms with Crippen molar-refractivity contribution < 1.29 is 15.0 Å². The van der Waals surface area contributed by atoms with E-state index in [2.05, 4.69) is 4.98 Å². The van der Waals surface area contributed by atoms with Crippen molar-refractivity contribution >= 4 is 16.8 Å². The Hall–Kier alpha value is -1.85. The molecule has 0 unspecified atom stereocenters. The molecule has 5 nitrogen and oxygen atoms in total. The van der Waals surface area contributed by atoms with Gasteiger partial charge < -0.3 is 20.1 Å². The van der Waals surface area contributed by atoms with E-state index in [0.717, 1.165) is 22.2 Å². The second-order valence-corrected chi connectivity index (χ2v) is 6.39. The average Bonchev–Trinajstić information content (AvgIpc) is 2.81. The van der Waals surface area contributed by atoms with Crippen LogP contribution in [0.15, 0.2) is 18.2 Å². The van der Waals surface area contributed by atoms with Gasteiger partial charge in [0, 0.05) is 30.1 Å². The van der Waals surface area contributed by atoms with Crippen LogP contribution in [0.3, 0.4) is 0 Å². The van der Waals surface area contributed by atoms with Crippen molar-refractivity contribution in [3.8, 4) is 0 Å². The Labute approximate surface area is 130 Å². The molecule has 0 aliphatic carbocycles. The molecule has 0 aliphatic heterocycles. The Balaban J connectivity index is 2.36. The number of aromatic amines is 1. The maximum atomic E-state index is 12.7. The number of hydrogen-bond donors (Lipinski definition) is 3. The highest BCUT2D eigenvalue weighted by Gasteiger charge is 2.27. The molecule has 0 fully saturated rings. The molecular formula is C17H24N2O3. The second kappa shape index (κ2) is 6.10. The third-order valence-electron chi connectivity index (χ3n) is 4.30. The van der Waals surface area contributed by atoms with Gasteiger partial charge in [0.1, 0.15) is 0 Å². The van der Waals surface area contributed by atoms with Crippen LogP contribution in [-0.2, 0) is 0 Å². The van der Waals surface area contributed by atoms with Gasteiger partial charge >= 0.3 is 0 Å². The van der Waals surface area contributed by atoms with E-state index in [1.54, 1.807) is 24.9 Å². The summed E-state index contributed by atoms with van der Waals surface area (Å²) in [4.78, 5) is 17.6. The van der Waals surface area contributed by atoms with Crippen molar-refractivity contribution in [1.29, 1.82) is 0 Å². The minimum Gasteiger partial charge on any atom is -0.396 e. The second-order valence-electron chi connectivity index (χ2n) is 6.39. The number of benzene rings is 1. The number of hydrogen-bond acceptors (Lipinski definition) is 3. The highest BCUT2D eigenvalue weighted by molar-refractivity contribution is 6.06. The topological polar surface area (TPSA) is 76.6 Å². The molecule has 1 aromatic heterocycles. The van der Waals surface area contributed by atoms with Gasteiger partial charge in [-0.3, -0.25) is 4.79 Å². The summed E-state index contributed by atoms with van der Waals surface area (Å²) < 4.78 is 0. The molecule has 1 heterocycles. The lowest BCUT2D eigenvalue weighted by molar-refractivity contribution is 0.0367. The SMILES string of the molecule is Cc1[nH]c2c(C(=O)N(C)CC(C)(CO)CO)cccc2c1C. The van der Waals surface area contributed by atoms with E-state index in [1.807, 2.05) is 26.0 Å². The molecule has 3 N–H and O–H groups in total. The Bertz CT molecular complexity index is 687. The number of aliphatic hydroxyl groups excluding tert-OH is 2. The number of fused-ring (bicyclic) bond motifs is 1. The summed E-state index contributed by atoms with van der Waals surface area (Å²) in [6, 6.07) is 5.67. The van der Waals surface area contributed by atoms with Gasteiger partial charge in [-0.15, -0.1) is 0 Å². The van der Waals surface area contributed by atoms with Gasteiger partial charge in [-0.05, 0) is 25.5 Å². The summed E-state index contributed by atoms with van der Waals surface area (Å²) in [5, 5.41) is 19.8. The first-order chi connectivity index (χ1) is 10.3. The minimum absolute atomic E-state index is 0.125. The van der Waals surface area contributed by atoms with Gasteiger partial charge in [0.2, 0.25) is 0 Å². The van der Waals surface area contributed by atoms with Crippen LogP contribution in [0.2, 0.25) is 0 Å². The van der Waals surface area contributed by atoms with Crippen LogP contribution in [0, 0.1) is 19.3 Å². The summed E-state index contributed by atoms with van der Waals surface area (Å²) >= 11 is 0.